The van der Waals surface area contributed by atoms with Gasteiger partial charge in [-0.2, -0.15) is 0 Å². The van der Waals surface area contributed by atoms with Gasteiger partial charge in [-0.25, -0.2) is 9.29 Å². The lowest BCUT2D eigenvalue weighted by molar-refractivity contribution is -0.120. The number of anilines is 2. The molecule has 3 aromatic carbocycles. The third-order valence-electron chi connectivity index (χ3n) is 5.14. The van der Waals surface area contributed by atoms with Gasteiger partial charge < -0.3 is 10.1 Å². The van der Waals surface area contributed by atoms with E-state index in [1.165, 1.54) is 24.3 Å². The maximum atomic E-state index is 13.8. The number of hydrogen-bond acceptors (Lipinski definition) is 4. The van der Waals surface area contributed by atoms with Gasteiger partial charge in [0.2, 0.25) is 0 Å². The van der Waals surface area contributed by atoms with Crippen LogP contribution in [0.15, 0.2) is 72.4 Å². The molecular weight excluding hydrogens is 395 g/mol. The quantitative estimate of drug-likeness (QED) is 0.604. The lowest BCUT2D eigenvalue weighted by Crippen LogP contribution is -2.32. The van der Waals surface area contributed by atoms with Crippen LogP contribution in [0.4, 0.5) is 15.8 Å². The molecule has 0 atom stereocenters. The van der Waals surface area contributed by atoms with Gasteiger partial charge in [-0.15, -0.1) is 0 Å². The molecule has 0 saturated heterocycles. The second kappa shape index (κ2) is 8.07. The molecule has 1 heterocycles. The van der Waals surface area contributed by atoms with Crippen LogP contribution in [0.5, 0.6) is 5.75 Å². The number of methoxy groups -OCH3 is 1. The van der Waals surface area contributed by atoms with Gasteiger partial charge in [0.1, 0.15) is 17.3 Å². The molecular formula is C25H21FN2O3. The lowest BCUT2D eigenvalue weighted by Gasteiger charge is -2.15. The third kappa shape index (κ3) is 3.80. The number of benzene rings is 3. The van der Waals surface area contributed by atoms with Crippen molar-refractivity contribution in [1.82, 2.24) is 0 Å². The van der Waals surface area contributed by atoms with Crippen molar-refractivity contribution in [2.75, 3.05) is 17.3 Å². The monoisotopic (exact) mass is 416 g/mol. The van der Waals surface area contributed by atoms with Gasteiger partial charge in [-0.1, -0.05) is 35.9 Å². The highest BCUT2D eigenvalue weighted by Crippen LogP contribution is 2.35. The molecule has 4 rings (SSSR count). The van der Waals surface area contributed by atoms with E-state index in [4.69, 9.17) is 4.74 Å². The molecule has 1 N–H and O–H groups in total. The Hall–Kier alpha value is -3.93. The summed E-state index contributed by atoms with van der Waals surface area (Å²) >= 11 is 0. The molecule has 0 fully saturated rings. The van der Waals surface area contributed by atoms with Gasteiger partial charge in [-0.3, -0.25) is 9.59 Å². The molecule has 1 aliphatic heterocycles. The van der Waals surface area contributed by atoms with Crippen molar-refractivity contribution in [3.8, 4) is 5.75 Å². The van der Waals surface area contributed by atoms with Gasteiger partial charge in [0.15, 0.2) is 0 Å². The van der Waals surface area contributed by atoms with Crippen LogP contribution in [0.1, 0.15) is 16.7 Å². The van der Waals surface area contributed by atoms with E-state index >= 15 is 0 Å². The molecule has 0 spiro atoms. The minimum absolute atomic E-state index is 0.134. The van der Waals surface area contributed by atoms with E-state index in [2.05, 4.69) is 5.32 Å². The molecule has 0 bridgehead atoms. The van der Waals surface area contributed by atoms with E-state index in [1.54, 1.807) is 31.4 Å². The Morgan fingerprint density at radius 1 is 0.903 bits per heavy atom. The number of carbonyl (C=O) groups excluding carboxylic acids is 2. The number of aryl methyl sites for hydroxylation is 2. The highest BCUT2D eigenvalue weighted by molar-refractivity contribution is 6.46. The molecule has 156 valence electrons. The number of rotatable bonds is 5. The van der Waals surface area contributed by atoms with Crippen molar-refractivity contribution < 1.29 is 18.7 Å². The van der Waals surface area contributed by atoms with E-state index in [0.29, 0.717) is 17.0 Å². The minimum atomic E-state index is -0.548. The molecule has 5 nitrogen and oxygen atoms in total. The summed E-state index contributed by atoms with van der Waals surface area (Å²) in [5, 5.41) is 3.09. The van der Waals surface area contributed by atoms with E-state index < -0.39 is 17.6 Å². The Balaban J connectivity index is 1.86. The number of nitrogens with one attached hydrogen (secondary N) is 1. The van der Waals surface area contributed by atoms with Crippen LogP contribution in [0.3, 0.4) is 0 Å². The highest BCUT2D eigenvalue weighted by Gasteiger charge is 2.40. The zero-order chi connectivity index (χ0) is 22.1. The SMILES string of the molecule is COc1cccc(NC2=C(c3ccc(C)cc3C)C(=O)N(c3cccc(F)c3)C2=O)c1. The van der Waals surface area contributed by atoms with Gasteiger partial charge in [0.25, 0.3) is 11.8 Å². The minimum Gasteiger partial charge on any atom is -0.497 e. The van der Waals surface area contributed by atoms with E-state index in [9.17, 15) is 14.0 Å². The van der Waals surface area contributed by atoms with Crippen LogP contribution >= 0.6 is 0 Å². The number of hydrogen-bond donors (Lipinski definition) is 1. The number of nitrogens with zero attached hydrogens (tertiary/aromatic N) is 1. The zero-order valence-corrected chi connectivity index (χ0v) is 17.4. The normalized spacial score (nSPS) is 13.7. The number of ether oxygens (including phenoxy) is 1. The molecule has 6 heteroatoms. The van der Waals surface area contributed by atoms with E-state index in [1.807, 2.05) is 32.0 Å². The van der Waals surface area contributed by atoms with Gasteiger partial charge in [0, 0.05) is 11.8 Å². The van der Waals surface area contributed by atoms with E-state index in [0.717, 1.165) is 16.0 Å². The number of halogens is 1. The van der Waals surface area contributed by atoms with Crippen LogP contribution in [0.2, 0.25) is 0 Å². The van der Waals surface area contributed by atoms with Crippen LogP contribution in [-0.2, 0) is 9.59 Å². The van der Waals surface area contributed by atoms with Crippen molar-refractivity contribution in [3.05, 3.63) is 94.9 Å². The Morgan fingerprint density at radius 2 is 1.68 bits per heavy atom. The predicted octanol–water partition coefficient (Wildman–Crippen LogP) is 4.85. The average Bonchev–Trinajstić information content (AvgIpc) is 2.98. The Labute approximate surface area is 179 Å². The maximum Gasteiger partial charge on any atom is 0.282 e. The third-order valence-corrected chi connectivity index (χ3v) is 5.14. The van der Waals surface area contributed by atoms with Gasteiger partial charge in [0.05, 0.1) is 18.4 Å². The van der Waals surface area contributed by atoms with Crippen molar-refractivity contribution in [2.24, 2.45) is 0 Å². The van der Waals surface area contributed by atoms with Crippen LogP contribution in [0, 0.1) is 19.7 Å². The zero-order valence-electron chi connectivity index (χ0n) is 17.4. The second-order valence-electron chi connectivity index (χ2n) is 7.35. The first-order valence-electron chi connectivity index (χ1n) is 9.76. The fourth-order valence-electron chi connectivity index (χ4n) is 3.68. The van der Waals surface area contributed by atoms with Gasteiger partial charge >= 0.3 is 0 Å². The fraction of sp³-hybridized carbons (Fsp3) is 0.120. The molecule has 1 aliphatic rings. The Kier molecular flexibility index (Phi) is 5.29. The summed E-state index contributed by atoms with van der Waals surface area (Å²) in [6, 6.07) is 18.2. The standard InChI is InChI=1S/C25H21FN2O3/c1-15-10-11-21(16(2)12-15)22-23(27-18-7-5-9-20(14-18)31-3)25(30)28(24(22)29)19-8-4-6-17(26)13-19/h4-14,27H,1-3H3. The number of amides is 2. The van der Waals surface area contributed by atoms with Crippen molar-refractivity contribution in [1.29, 1.82) is 0 Å². The maximum absolute atomic E-state index is 13.8. The topological polar surface area (TPSA) is 58.6 Å². The van der Waals surface area contributed by atoms with Crippen LogP contribution in [-0.4, -0.2) is 18.9 Å². The largest absolute Gasteiger partial charge is 0.497 e. The summed E-state index contributed by atoms with van der Waals surface area (Å²) in [4.78, 5) is 27.8. The first kappa shape index (κ1) is 20.3. The summed E-state index contributed by atoms with van der Waals surface area (Å²) in [5.74, 6) is -0.973. The summed E-state index contributed by atoms with van der Waals surface area (Å²) in [6.07, 6.45) is 0. The molecule has 0 radical (unpaired) electrons. The smallest absolute Gasteiger partial charge is 0.282 e. The summed E-state index contributed by atoms with van der Waals surface area (Å²) in [7, 11) is 1.55. The summed E-state index contributed by atoms with van der Waals surface area (Å²) in [5.41, 5.74) is 3.71. The average molecular weight is 416 g/mol. The Bertz CT molecular complexity index is 1230. The second-order valence-corrected chi connectivity index (χ2v) is 7.35. The first-order chi connectivity index (χ1) is 14.9. The Morgan fingerprint density at radius 3 is 2.39 bits per heavy atom. The molecule has 0 saturated carbocycles. The van der Waals surface area contributed by atoms with Crippen LogP contribution < -0.4 is 15.0 Å². The molecule has 0 aromatic heterocycles. The summed E-state index contributed by atoms with van der Waals surface area (Å²) in [6.45, 7) is 3.85. The van der Waals surface area contributed by atoms with Crippen LogP contribution in [0.25, 0.3) is 5.57 Å². The first-order valence-corrected chi connectivity index (χ1v) is 9.76. The molecule has 2 amide bonds. The fourth-order valence-corrected chi connectivity index (χ4v) is 3.68. The molecule has 31 heavy (non-hydrogen) atoms. The molecule has 0 unspecified atom stereocenters. The van der Waals surface area contributed by atoms with Gasteiger partial charge in [-0.05, 0) is 55.3 Å². The predicted molar refractivity (Wildman–Crippen MR) is 118 cm³/mol. The van der Waals surface area contributed by atoms with Crippen molar-refractivity contribution in [2.45, 2.75) is 13.8 Å². The van der Waals surface area contributed by atoms with Crippen molar-refractivity contribution >= 4 is 28.8 Å². The molecule has 0 aliphatic carbocycles. The molecule has 3 aromatic rings. The lowest BCUT2D eigenvalue weighted by atomic mass is 9.97. The van der Waals surface area contributed by atoms with E-state index in [-0.39, 0.29) is 17.0 Å². The highest BCUT2D eigenvalue weighted by atomic mass is 19.1. The number of imide groups is 1. The summed E-state index contributed by atoms with van der Waals surface area (Å²) < 4.78 is 19.1. The number of carbonyl (C=O) groups is 2. The van der Waals surface area contributed by atoms with Crippen molar-refractivity contribution in [3.63, 3.8) is 0 Å².